The van der Waals surface area contributed by atoms with E-state index in [4.69, 9.17) is 4.42 Å². The molecule has 0 spiro atoms. The molecule has 0 radical (unpaired) electrons. The molecule has 0 saturated heterocycles. The summed E-state index contributed by atoms with van der Waals surface area (Å²) in [6, 6.07) is 15.8. The van der Waals surface area contributed by atoms with Crippen molar-refractivity contribution in [2.45, 2.75) is 6.54 Å². The Bertz CT molecular complexity index is 824. The van der Waals surface area contributed by atoms with Crippen molar-refractivity contribution < 1.29 is 18.7 Å². The third kappa shape index (κ3) is 3.58. The molecule has 3 aromatic rings. The average Bonchev–Trinajstić information content (AvgIpc) is 3.03. The quantitative estimate of drug-likeness (QED) is 0.772. The highest BCUT2D eigenvalue weighted by atomic mass is 19.1. The van der Waals surface area contributed by atoms with Gasteiger partial charge in [0.25, 0.3) is 5.91 Å². The zero-order valence-electron chi connectivity index (χ0n) is 12.1. The van der Waals surface area contributed by atoms with E-state index in [0.717, 1.165) is 5.56 Å². The number of hydrogen-bond donors (Lipinski definition) is 2. The SMILES string of the molecule is O=C(NCc1cccc(F)c1)c1ccc(-c2ccc(O)cc2)o1. The summed E-state index contributed by atoms with van der Waals surface area (Å²) in [6.07, 6.45) is 0. The smallest absolute Gasteiger partial charge is 0.287 e. The molecule has 0 saturated carbocycles. The van der Waals surface area contributed by atoms with Crippen LogP contribution in [0.15, 0.2) is 65.1 Å². The van der Waals surface area contributed by atoms with E-state index in [1.807, 2.05) is 0 Å². The van der Waals surface area contributed by atoms with Crippen LogP contribution in [0.2, 0.25) is 0 Å². The number of benzene rings is 2. The molecule has 0 aliphatic heterocycles. The third-order valence-corrected chi connectivity index (χ3v) is 3.32. The molecule has 0 fully saturated rings. The van der Waals surface area contributed by atoms with Gasteiger partial charge in [-0.1, -0.05) is 12.1 Å². The number of amides is 1. The molecule has 2 N–H and O–H groups in total. The van der Waals surface area contributed by atoms with Gasteiger partial charge in [0.05, 0.1) is 0 Å². The van der Waals surface area contributed by atoms with E-state index in [2.05, 4.69) is 5.32 Å². The second-order valence-electron chi connectivity index (χ2n) is 5.02. The van der Waals surface area contributed by atoms with E-state index in [1.54, 1.807) is 48.5 Å². The van der Waals surface area contributed by atoms with Crippen LogP contribution in [0.3, 0.4) is 0 Å². The zero-order valence-corrected chi connectivity index (χ0v) is 12.1. The van der Waals surface area contributed by atoms with Gasteiger partial charge in [-0.15, -0.1) is 0 Å². The molecule has 1 heterocycles. The van der Waals surface area contributed by atoms with Crippen molar-refractivity contribution >= 4 is 5.91 Å². The minimum absolute atomic E-state index is 0.161. The van der Waals surface area contributed by atoms with E-state index in [1.165, 1.54) is 12.1 Å². The predicted octanol–water partition coefficient (Wildman–Crippen LogP) is 3.72. The number of phenolic OH excluding ortho intramolecular Hbond substituents is 1. The molecule has 0 aliphatic carbocycles. The first-order valence-corrected chi connectivity index (χ1v) is 7.04. The maximum Gasteiger partial charge on any atom is 0.287 e. The fourth-order valence-electron chi connectivity index (χ4n) is 2.16. The Morgan fingerprint density at radius 1 is 1.09 bits per heavy atom. The lowest BCUT2D eigenvalue weighted by molar-refractivity contribution is 0.0924. The minimum atomic E-state index is -0.376. The van der Waals surface area contributed by atoms with Crippen LogP contribution in [0.25, 0.3) is 11.3 Å². The van der Waals surface area contributed by atoms with Gasteiger partial charge in [0.15, 0.2) is 5.76 Å². The summed E-state index contributed by atoms with van der Waals surface area (Å²) >= 11 is 0. The highest BCUT2D eigenvalue weighted by Gasteiger charge is 2.12. The monoisotopic (exact) mass is 311 g/mol. The summed E-state index contributed by atoms with van der Waals surface area (Å²) in [6.45, 7) is 0.214. The van der Waals surface area contributed by atoms with Crippen LogP contribution >= 0.6 is 0 Å². The third-order valence-electron chi connectivity index (χ3n) is 3.32. The second kappa shape index (κ2) is 6.36. The van der Waals surface area contributed by atoms with E-state index in [9.17, 15) is 14.3 Å². The van der Waals surface area contributed by atoms with Crippen LogP contribution < -0.4 is 5.32 Å². The second-order valence-corrected chi connectivity index (χ2v) is 5.02. The molecule has 0 unspecified atom stereocenters. The number of aromatic hydroxyl groups is 1. The first kappa shape index (κ1) is 14.8. The molecular weight excluding hydrogens is 297 g/mol. The number of carbonyl (C=O) groups excluding carboxylic acids is 1. The van der Waals surface area contributed by atoms with Gasteiger partial charge in [0.1, 0.15) is 17.3 Å². The number of nitrogens with one attached hydrogen (secondary N) is 1. The summed E-state index contributed by atoms with van der Waals surface area (Å²) in [5, 5.41) is 12.0. The first-order chi connectivity index (χ1) is 11.1. The van der Waals surface area contributed by atoms with E-state index in [-0.39, 0.29) is 29.8 Å². The van der Waals surface area contributed by atoms with E-state index < -0.39 is 0 Å². The summed E-state index contributed by atoms with van der Waals surface area (Å²) in [7, 11) is 0. The fourth-order valence-corrected chi connectivity index (χ4v) is 2.16. The number of halogens is 1. The molecule has 0 aliphatic rings. The molecule has 1 amide bonds. The Labute approximate surface area is 132 Å². The van der Waals surface area contributed by atoms with Crippen molar-refractivity contribution in [2.24, 2.45) is 0 Å². The van der Waals surface area contributed by atoms with Gasteiger partial charge in [-0.2, -0.15) is 0 Å². The molecule has 5 heteroatoms. The summed E-state index contributed by atoms with van der Waals surface area (Å²) in [5.74, 6) is 0.141. The standard InChI is InChI=1S/C18H14FNO3/c19-14-3-1-2-12(10-14)11-20-18(22)17-9-8-16(23-17)13-4-6-15(21)7-5-13/h1-10,21H,11H2,(H,20,22). The number of hydrogen-bond acceptors (Lipinski definition) is 3. The van der Waals surface area contributed by atoms with Crippen molar-refractivity contribution in [3.63, 3.8) is 0 Å². The lowest BCUT2D eigenvalue weighted by atomic mass is 10.2. The average molecular weight is 311 g/mol. The van der Waals surface area contributed by atoms with Crippen molar-refractivity contribution in [1.29, 1.82) is 0 Å². The Balaban J connectivity index is 1.67. The van der Waals surface area contributed by atoms with Crippen LogP contribution in [0.5, 0.6) is 5.75 Å². The Hall–Kier alpha value is -3.08. The normalized spacial score (nSPS) is 10.5. The highest BCUT2D eigenvalue weighted by Crippen LogP contribution is 2.24. The summed E-state index contributed by atoms with van der Waals surface area (Å²) < 4.78 is 18.6. The molecule has 2 aromatic carbocycles. The first-order valence-electron chi connectivity index (χ1n) is 7.04. The topological polar surface area (TPSA) is 62.5 Å². The number of carbonyl (C=O) groups is 1. The fraction of sp³-hybridized carbons (Fsp3) is 0.0556. The van der Waals surface area contributed by atoms with Gasteiger partial charge in [-0.05, 0) is 54.1 Å². The maximum absolute atomic E-state index is 13.1. The van der Waals surface area contributed by atoms with Crippen molar-refractivity contribution in [2.75, 3.05) is 0 Å². The Kier molecular flexibility index (Phi) is 4.10. The predicted molar refractivity (Wildman–Crippen MR) is 83.4 cm³/mol. The number of phenols is 1. The number of rotatable bonds is 4. The van der Waals surface area contributed by atoms with Gasteiger partial charge in [-0.25, -0.2) is 4.39 Å². The molecule has 3 rings (SSSR count). The number of furan rings is 1. The molecule has 23 heavy (non-hydrogen) atoms. The van der Waals surface area contributed by atoms with Crippen molar-refractivity contribution in [1.82, 2.24) is 5.32 Å². The highest BCUT2D eigenvalue weighted by molar-refractivity contribution is 5.92. The lowest BCUT2D eigenvalue weighted by Crippen LogP contribution is -2.22. The molecule has 0 bridgehead atoms. The lowest BCUT2D eigenvalue weighted by Gasteiger charge is -2.03. The van der Waals surface area contributed by atoms with E-state index in [0.29, 0.717) is 11.3 Å². The van der Waals surface area contributed by atoms with Gasteiger partial charge in [0.2, 0.25) is 0 Å². The van der Waals surface area contributed by atoms with Crippen LogP contribution in [-0.4, -0.2) is 11.0 Å². The molecule has 1 aromatic heterocycles. The zero-order chi connectivity index (χ0) is 16.2. The van der Waals surface area contributed by atoms with Gasteiger partial charge in [0, 0.05) is 12.1 Å². The summed E-state index contributed by atoms with van der Waals surface area (Å²) in [4.78, 5) is 12.1. The van der Waals surface area contributed by atoms with E-state index >= 15 is 0 Å². The minimum Gasteiger partial charge on any atom is -0.508 e. The van der Waals surface area contributed by atoms with Crippen LogP contribution in [0, 0.1) is 5.82 Å². The van der Waals surface area contributed by atoms with Gasteiger partial charge in [-0.3, -0.25) is 4.79 Å². The summed E-state index contributed by atoms with van der Waals surface area (Å²) in [5.41, 5.74) is 1.43. The maximum atomic E-state index is 13.1. The largest absolute Gasteiger partial charge is 0.508 e. The Morgan fingerprint density at radius 2 is 1.87 bits per heavy atom. The van der Waals surface area contributed by atoms with Crippen molar-refractivity contribution in [3.05, 3.63) is 77.8 Å². The van der Waals surface area contributed by atoms with Crippen LogP contribution in [-0.2, 0) is 6.54 Å². The molecule has 116 valence electrons. The molecular formula is C18H14FNO3. The van der Waals surface area contributed by atoms with Gasteiger partial charge < -0.3 is 14.8 Å². The Morgan fingerprint density at radius 3 is 2.61 bits per heavy atom. The van der Waals surface area contributed by atoms with Crippen molar-refractivity contribution in [3.8, 4) is 17.1 Å². The molecule has 0 atom stereocenters. The van der Waals surface area contributed by atoms with Crippen LogP contribution in [0.1, 0.15) is 16.1 Å². The van der Waals surface area contributed by atoms with Crippen LogP contribution in [0.4, 0.5) is 4.39 Å². The van der Waals surface area contributed by atoms with Gasteiger partial charge >= 0.3 is 0 Å². The molecule has 4 nitrogen and oxygen atoms in total.